The predicted octanol–water partition coefficient (Wildman–Crippen LogP) is 1.94. The van der Waals surface area contributed by atoms with Crippen molar-refractivity contribution in [1.29, 1.82) is 0 Å². The van der Waals surface area contributed by atoms with Crippen molar-refractivity contribution in [3.05, 3.63) is 17.2 Å². The Labute approximate surface area is 89.3 Å². The normalized spacial score (nSPS) is 18.5. The van der Waals surface area contributed by atoms with Crippen LogP contribution in [0.4, 0.5) is 0 Å². The lowest BCUT2D eigenvalue weighted by Crippen LogP contribution is -2.17. The van der Waals surface area contributed by atoms with Gasteiger partial charge in [0.15, 0.2) is 5.15 Å². The van der Waals surface area contributed by atoms with Gasteiger partial charge in [-0.1, -0.05) is 11.6 Å². The summed E-state index contributed by atoms with van der Waals surface area (Å²) in [6.07, 6.45) is 5.26. The van der Waals surface area contributed by atoms with Crippen LogP contribution in [0.25, 0.3) is 0 Å². The van der Waals surface area contributed by atoms with Crippen LogP contribution in [-0.4, -0.2) is 16.1 Å². The number of hydrogen-bond acceptors (Lipinski definition) is 2. The van der Waals surface area contributed by atoms with Crippen molar-refractivity contribution in [2.24, 2.45) is 5.73 Å². The zero-order chi connectivity index (χ0) is 10.2. The molecule has 78 valence electrons. The minimum atomic E-state index is 0.248. The first-order chi connectivity index (χ1) is 6.73. The van der Waals surface area contributed by atoms with Gasteiger partial charge in [0.1, 0.15) is 0 Å². The Bertz CT molecular complexity index is 328. The zero-order valence-corrected chi connectivity index (χ0v) is 9.22. The van der Waals surface area contributed by atoms with Crippen LogP contribution in [0.5, 0.6) is 0 Å². The molecule has 4 heteroatoms. The van der Waals surface area contributed by atoms with Gasteiger partial charge in [-0.2, -0.15) is 0 Å². The Morgan fingerprint density at radius 2 is 2.36 bits per heavy atom. The van der Waals surface area contributed by atoms with Crippen LogP contribution in [0.1, 0.15) is 31.9 Å². The number of imidazole rings is 1. The second kappa shape index (κ2) is 3.55. The zero-order valence-electron chi connectivity index (χ0n) is 8.46. The topological polar surface area (TPSA) is 43.8 Å². The lowest BCUT2D eigenvalue weighted by molar-refractivity contribution is 0.564. The molecule has 1 heterocycles. The molecule has 1 saturated carbocycles. The van der Waals surface area contributed by atoms with Gasteiger partial charge in [0.2, 0.25) is 0 Å². The van der Waals surface area contributed by atoms with Gasteiger partial charge < -0.3 is 10.3 Å². The van der Waals surface area contributed by atoms with E-state index in [2.05, 4.69) is 16.5 Å². The van der Waals surface area contributed by atoms with E-state index in [9.17, 15) is 0 Å². The second-order valence-corrected chi connectivity index (χ2v) is 4.35. The summed E-state index contributed by atoms with van der Waals surface area (Å²) < 4.78 is 2.14. The Balaban J connectivity index is 2.34. The summed E-state index contributed by atoms with van der Waals surface area (Å²) in [5.74, 6) is 0. The van der Waals surface area contributed by atoms with Crippen LogP contribution in [0.3, 0.4) is 0 Å². The van der Waals surface area contributed by atoms with E-state index in [0.717, 1.165) is 19.5 Å². The summed E-state index contributed by atoms with van der Waals surface area (Å²) in [5.41, 5.74) is 7.08. The van der Waals surface area contributed by atoms with Gasteiger partial charge in [-0.25, -0.2) is 4.98 Å². The first-order valence-electron chi connectivity index (χ1n) is 5.14. The fourth-order valence-electron chi connectivity index (χ4n) is 2.15. The standard InChI is InChI=1S/C10H16ClN3/c1-2-14-7-13-9(11)8(14)10(3-4-10)5-6-12/h7H,2-6,12H2,1H3. The van der Waals surface area contributed by atoms with Crippen molar-refractivity contribution in [1.82, 2.24) is 9.55 Å². The number of halogens is 1. The average Bonchev–Trinajstić information content (AvgIpc) is 2.83. The quantitative estimate of drug-likeness (QED) is 0.831. The highest BCUT2D eigenvalue weighted by atomic mass is 35.5. The highest BCUT2D eigenvalue weighted by molar-refractivity contribution is 6.30. The number of nitrogens with two attached hydrogens (primary N) is 1. The molecule has 0 spiro atoms. The second-order valence-electron chi connectivity index (χ2n) is 3.99. The van der Waals surface area contributed by atoms with Crippen LogP contribution >= 0.6 is 11.6 Å². The minimum Gasteiger partial charge on any atom is -0.333 e. The van der Waals surface area contributed by atoms with E-state index in [0.29, 0.717) is 5.15 Å². The van der Waals surface area contributed by atoms with E-state index in [1.165, 1.54) is 18.5 Å². The minimum absolute atomic E-state index is 0.248. The molecule has 2 N–H and O–H groups in total. The third-order valence-electron chi connectivity index (χ3n) is 3.11. The molecule has 1 aliphatic rings. The van der Waals surface area contributed by atoms with E-state index in [1.807, 2.05) is 6.33 Å². The summed E-state index contributed by atoms with van der Waals surface area (Å²) >= 11 is 6.11. The van der Waals surface area contributed by atoms with Crippen molar-refractivity contribution < 1.29 is 0 Å². The van der Waals surface area contributed by atoms with Crippen LogP contribution in [0.2, 0.25) is 5.15 Å². The molecule has 1 aromatic rings. The van der Waals surface area contributed by atoms with Crippen molar-refractivity contribution >= 4 is 11.6 Å². The molecule has 0 bridgehead atoms. The molecule has 14 heavy (non-hydrogen) atoms. The molecule has 1 aliphatic carbocycles. The summed E-state index contributed by atoms with van der Waals surface area (Å²) in [6.45, 7) is 3.77. The third kappa shape index (κ3) is 1.44. The van der Waals surface area contributed by atoms with Gasteiger partial charge in [-0.15, -0.1) is 0 Å². The fraction of sp³-hybridized carbons (Fsp3) is 0.700. The van der Waals surface area contributed by atoms with Crippen LogP contribution in [0, 0.1) is 0 Å². The number of rotatable bonds is 4. The van der Waals surface area contributed by atoms with E-state index < -0.39 is 0 Å². The van der Waals surface area contributed by atoms with Crippen LogP contribution in [-0.2, 0) is 12.0 Å². The maximum atomic E-state index is 6.11. The molecule has 1 aromatic heterocycles. The number of hydrogen-bond donors (Lipinski definition) is 1. The van der Waals surface area contributed by atoms with Crippen LogP contribution in [0.15, 0.2) is 6.33 Å². The maximum absolute atomic E-state index is 6.11. The van der Waals surface area contributed by atoms with Gasteiger partial charge in [0.25, 0.3) is 0 Å². The van der Waals surface area contributed by atoms with Gasteiger partial charge in [0.05, 0.1) is 12.0 Å². The highest BCUT2D eigenvalue weighted by Crippen LogP contribution is 2.52. The molecule has 2 rings (SSSR count). The lowest BCUT2D eigenvalue weighted by Gasteiger charge is -2.16. The van der Waals surface area contributed by atoms with E-state index in [-0.39, 0.29) is 5.41 Å². The molecule has 0 aromatic carbocycles. The van der Waals surface area contributed by atoms with Crippen molar-refractivity contribution in [3.8, 4) is 0 Å². The predicted molar refractivity (Wildman–Crippen MR) is 57.5 cm³/mol. The molecule has 0 saturated heterocycles. The van der Waals surface area contributed by atoms with Gasteiger partial charge in [-0.05, 0) is 32.7 Å². The summed E-state index contributed by atoms with van der Waals surface area (Å²) in [4.78, 5) is 4.16. The molecular weight excluding hydrogens is 198 g/mol. The molecular formula is C10H16ClN3. The first kappa shape index (κ1) is 9.99. The monoisotopic (exact) mass is 213 g/mol. The Kier molecular flexibility index (Phi) is 2.54. The smallest absolute Gasteiger partial charge is 0.150 e. The first-order valence-corrected chi connectivity index (χ1v) is 5.52. The Morgan fingerprint density at radius 1 is 1.64 bits per heavy atom. The summed E-state index contributed by atoms with van der Waals surface area (Å²) in [6, 6.07) is 0. The van der Waals surface area contributed by atoms with Gasteiger partial charge in [-0.3, -0.25) is 0 Å². The third-order valence-corrected chi connectivity index (χ3v) is 3.39. The lowest BCUT2D eigenvalue weighted by atomic mass is 9.98. The summed E-state index contributed by atoms with van der Waals surface area (Å²) in [5, 5.41) is 0.665. The number of aryl methyl sites for hydroxylation is 1. The summed E-state index contributed by atoms with van der Waals surface area (Å²) in [7, 11) is 0. The Hall–Kier alpha value is -0.540. The molecule has 3 nitrogen and oxygen atoms in total. The van der Waals surface area contributed by atoms with E-state index in [1.54, 1.807) is 0 Å². The molecule has 0 unspecified atom stereocenters. The largest absolute Gasteiger partial charge is 0.333 e. The number of aromatic nitrogens is 2. The molecule has 0 radical (unpaired) electrons. The molecule has 0 amide bonds. The van der Waals surface area contributed by atoms with Crippen molar-refractivity contribution in [3.63, 3.8) is 0 Å². The van der Waals surface area contributed by atoms with Gasteiger partial charge in [0, 0.05) is 12.0 Å². The van der Waals surface area contributed by atoms with E-state index >= 15 is 0 Å². The van der Waals surface area contributed by atoms with E-state index in [4.69, 9.17) is 17.3 Å². The van der Waals surface area contributed by atoms with Crippen LogP contribution < -0.4 is 5.73 Å². The van der Waals surface area contributed by atoms with Gasteiger partial charge >= 0.3 is 0 Å². The molecule has 0 atom stereocenters. The number of nitrogens with zero attached hydrogens (tertiary/aromatic N) is 2. The average molecular weight is 214 g/mol. The fourth-order valence-corrected chi connectivity index (χ4v) is 2.51. The highest BCUT2D eigenvalue weighted by Gasteiger charge is 2.47. The SMILES string of the molecule is CCn1cnc(Cl)c1C1(CCN)CC1. The molecule has 1 fully saturated rings. The maximum Gasteiger partial charge on any atom is 0.150 e. The molecule has 0 aliphatic heterocycles. The van der Waals surface area contributed by atoms with Crippen molar-refractivity contribution in [2.45, 2.75) is 38.1 Å². The Morgan fingerprint density at radius 3 is 2.86 bits per heavy atom. The van der Waals surface area contributed by atoms with Crippen molar-refractivity contribution in [2.75, 3.05) is 6.54 Å².